The third-order valence-corrected chi connectivity index (χ3v) is 3.63. The Morgan fingerprint density at radius 2 is 2.05 bits per heavy atom. The minimum absolute atomic E-state index is 0. The van der Waals surface area contributed by atoms with Crippen LogP contribution in [0.5, 0.6) is 5.88 Å². The second kappa shape index (κ2) is 10.6. The highest BCUT2D eigenvalue weighted by atomic mass is 127. The molecule has 0 amide bonds. The van der Waals surface area contributed by atoms with Crippen LogP contribution < -0.4 is 10.5 Å². The number of halogens is 1. The molecule has 0 aromatic carbocycles. The van der Waals surface area contributed by atoms with Crippen molar-refractivity contribution < 1.29 is 4.74 Å². The van der Waals surface area contributed by atoms with Gasteiger partial charge in [-0.25, -0.2) is 9.98 Å². The van der Waals surface area contributed by atoms with E-state index in [-0.39, 0.29) is 24.0 Å². The lowest BCUT2D eigenvalue weighted by Crippen LogP contribution is -2.38. The van der Waals surface area contributed by atoms with Crippen molar-refractivity contribution in [3.63, 3.8) is 0 Å². The van der Waals surface area contributed by atoms with Crippen molar-refractivity contribution in [1.29, 1.82) is 0 Å². The highest BCUT2D eigenvalue weighted by Gasteiger charge is 2.11. The molecule has 1 aromatic heterocycles. The van der Waals surface area contributed by atoms with Gasteiger partial charge in [0.05, 0.1) is 13.2 Å². The van der Waals surface area contributed by atoms with E-state index in [9.17, 15) is 0 Å². The largest absolute Gasteiger partial charge is 0.477 e. The smallest absolute Gasteiger partial charge is 0.218 e. The Balaban J connectivity index is 0.00000242. The molecule has 124 valence electrons. The van der Waals surface area contributed by atoms with Crippen LogP contribution in [-0.2, 0) is 6.54 Å². The van der Waals surface area contributed by atoms with Crippen LogP contribution in [0.15, 0.2) is 23.3 Å². The molecule has 2 heterocycles. The van der Waals surface area contributed by atoms with Gasteiger partial charge in [-0.3, -0.25) is 0 Å². The molecule has 6 heteroatoms. The predicted octanol–water partition coefficient (Wildman–Crippen LogP) is 3.18. The van der Waals surface area contributed by atoms with Crippen LogP contribution in [-0.4, -0.2) is 35.5 Å². The van der Waals surface area contributed by atoms with E-state index in [0.717, 1.165) is 25.1 Å². The maximum Gasteiger partial charge on any atom is 0.218 e. The lowest BCUT2D eigenvalue weighted by Gasteiger charge is -2.21. The van der Waals surface area contributed by atoms with Crippen molar-refractivity contribution in [1.82, 2.24) is 9.88 Å². The van der Waals surface area contributed by atoms with Crippen molar-refractivity contribution in [2.75, 3.05) is 19.7 Å². The molecule has 2 rings (SSSR count). The van der Waals surface area contributed by atoms with Crippen molar-refractivity contribution >= 4 is 29.9 Å². The number of guanidine groups is 1. The summed E-state index contributed by atoms with van der Waals surface area (Å²) in [5, 5.41) is 0. The standard InChI is InChI=1S/C16H26N4O.HI/c1-2-12-21-15-14(8-7-9-18-15)13-19-16(17)20-10-5-3-4-6-11-20;/h7-9H,2-6,10-13H2,1H3,(H2,17,19);1H. The molecule has 0 unspecified atom stereocenters. The second-order valence-corrected chi connectivity index (χ2v) is 5.39. The fraction of sp³-hybridized carbons (Fsp3) is 0.625. The molecule has 1 aromatic rings. The van der Waals surface area contributed by atoms with E-state index < -0.39 is 0 Å². The second-order valence-electron chi connectivity index (χ2n) is 5.39. The van der Waals surface area contributed by atoms with Gasteiger partial charge in [-0.05, 0) is 25.3 Å². The number of hydrogen-bond donors (Lipinski definition) is 1. The number of hydrogen-bond acceptors (Lipinski definition) is 3. The molecule has 0 atom stereocenters. The number of aromatic nitrogens is 1. The molecule has 0 saturated carbocycles. The van der Waals surface area contributed by atoms with Gasteiger partial charge in [0.1, 0.15) is 0 Å². The Bertz CT molecular complexity index is 459. The van der Waals surface area contributed by atoms with Gasteiger partial charge in [-0.15, -0.1) is 24.0 Å². The van der Waals surface area contributed by atoms with Crippen molar-refractivity contribution in [3.8, 4) is 5.88 Å². The average molecular weight is 418 g/mol. The van der Waals surface area contributed by atoms with Gasteiger partial charge in [0, 0.05) is 24.8 Å². The zero-order chi connectivity index (χ0) is 14.9. The zero-order valence-electron chi connectivity index (χ0n) is 13.3. The Hall–Kier alpha value is -1.05. The number of likely N-dealkylation sites (tertiary alicyclic amines) is 1. The maximum atomic E-state index is 6.13. The van der Waals surface area contributed by atoms with Gasteiger partial charge in [0.25, 0.3) is 0 Å². The molecule has 5 nitrogen and oxygen atoms in total. The summed E-state index contributed by atoms with van der Waals surface area (Å²) in [5.41, 5.74) is 7.12. The molecule has 1 saturated heterocycles. The first kappa shape index (κ1) is 19.0. The summed E-state index contributed by atoms with van der Waals surface area (Å²) >= 11 is 0. The molecule has 2 N–H and O–H groups in total. The normalized spacial score (nSPS) is 15.9. The molecule has 0 bridgehead atoms. The Labute approximate surface area is 150 Å². The lowest BCUT2D eigenvalue weighted by molar-refractivity contribution is 0.302. The van der Waals surface area contributed by atoms with Crippen molar-refractivity contribution in [3.05, 3.63) is 23.9 Å². The molecular weight excluding hydrogens is 391 g/mol. The fourth-order valence-electron chi connectivity index (χ4n) is 2.44. The highest BCUT2D eigenvalue weighted by molar-refractivity contribution is 14.0. The molecular formula is C16H27IN4O. The molecule has 1 aliphatic heterocycles. The third-order valence-electron chi connectivity index (χ3n) is 3.63. The zero-order valence-corrected chi connectivity index (χ0v) is 15.7. The minimum atomic E-state index is 0. The van der Waals surface area contributed by atoms with E-state index in [2.05, 4.69) is 21.8 Å². The Morgan fingerprint density at radius 1 is 1.32 bits per heavy atom. The van der Waals surface area contributed by atoms with E-state index in [1.165, 1.54) is 25.7 Å². The van der Waals surface area contributed by atoms with Crippen molar-refractivity contribution in [2.45, 2.75) is 45.6 Å². The first-order chi connectivity index (χ1) is 10.3. The molecule has 22 heavy (non-hydrogen) atoms. The summed E-state index contributed by atoms with van der Waals surface area (Å²) in [7, 11) is 0. The summed E-state index contributed by atoms with van der Waals surface area (Å²) < 4.78 is 5.65. The number of pyridine rings is 1. The third kappa shape index (κ3) is 5.98. The van der Waals surface area contributed by atoms with Crippen LogP contribution in [0.1, 0.15) is 44.6 Å². The number of ether oxygens (including phenoxy) is 1. The SMILES string of the molecule is CCCOc1ncccc1CN=C(N)N1CCCCCC1.I. The summed E-state index contributed by atoms with van der Waals surface area (Å²) in [4.78, 5) is 11.0. The van der Waals surface area contributed by atoms with Crippen molar-refractivity contribution in [2.24, 2.45) is 10.7 Å². The van der Waals surface area contributed by atoms with Gasteiger partial charge in [-0.1, -0.05) is 25.8 Å². The Morgan fingerprint density at radius 3 is 2.73 bits per heavy atom. The molecule has 1 aliphatic rings. The quantitative estimate of drug-likeness (QED) is 0.453. The van der Waals surface area contributed by atoms with Gasteiger partial charge < -0.3 is 15.4 Å². The average Bonchev–Trinajstić information content (AvgIpc) is 2.80. The molecule has 0 spiro atoms. The first-order valence-electron chi connectivity index (χ1n) is 7.93. The number of rotatable bonds is 5. The van der Waals surface area contributed by atoms with E-state index in [1.807, 2.05) is 12.1 Å². The Kier molecular flexibility index (Phi) is 9.19. The maximum absolute atomic E-state index is 6.13. The molecule has 1 fully saturated rings. The van der Waals surface area contributed by atoms with Gasteiger partial charge >= 0.3 is 0 Å². The molecule has 0 aliphatic carbocycles. The highest BCUT2D eigenvalue weighted by Crippen LogP contribution is 2.16. The van der Waals surface area contributed by atoms with Crippen LogP contribution in [0.3, 0.4) is 0 Å². The van der Waals surface area contributed by atoms with Gasteiger partial charge in [0.15, 0.2) is 5.96 Å². The van der Waals surface area contributed by atoms with Crippen LogP contribution in [0.25, 0.3) is 0 Å². The topological polar surface area (TPSA) is 63.7 Å². The van der Waals surface area contributed by atoms with E-state index in [1.54, 1.807) is 6.20 Å². The first-order valence-corrected chi connectivity index (χ1v) is 7.93. The van der Waals surface area contributed by atoms with Gasteiger partial charge in [0.2, 0.25) is 5.88 Å². The van der Waals surface area contributed by atoms with Crippen LogP contribution in [0, 0.1) is 0 Å². The number of nitrogens with zero attached hydrogens (tertiary/aromatic N) is 3. The van der Waals surface area contributed by atoms with Crippen LogP contribution in [0.4, 0.5) is 0 Å². The summed E-state index contributed by atoms with van der Waals surface area (Å²) in [6, 6.07) is 3.91. The minimum Gasteiger partial charge on any atom is -0.477 e. The van der Waals surface area contributed by atoms with E-state index in [0.29, 0.717) is 25.0 Å². The van der Waals surface area contributed by atoms with Crippen LogP contribution in [0.2, 0.25) is 0 Å². The van der Waals surface area contributed by atoms with Crippen LogP contribution >= 0.6 is 24.0 Å². The molecule has 0 radical (unpaired) electrons. The fourth-order valence-corrected chi connectivity index (χ4v) is 2.44. The number of aliphatic imine (C=N–C) groups is 1. The van der Waals surface area contributed by atoms with Gasteiger partial charge in [-0.2, -0.15) is 0 Å². The summed E-state index contributed by atoms with van der Waals surface area (Å²) in [6.07, 6.45) is 7.70. The number of nitrogens with two attached hydrogens (primary N) is 1. The summed E-state index contributed by atoms with van der Waals surface area (Å²) in [5.74, 6) is 1.31. The predicted molar refractivity (Wildman–Crippen MR) is 101 cm³/mol. The monoisotopic (exact) mass is 418 g/mol. The lowest BCUT2D eigenvalue weighted by atomic mass is 10.2. The van der Waals surface area contributed by atoms with E-state index in [4.69, 9.17) is 10.5 Å². The van der Waals surface area contributed by atoms with E-state index >= 15 is 0 Å². The summed E-state index contributed by atoms with van der Waals surface area (Å²) in [6.45, 7) is 5.31.